The summed E-state index contributed by atoms with van der Waals surface area (Å²) in [6.07, 6.45) is 8.55. The lowest BCUT2D eigenvalue weighted by molar-refractivity contribution is 0.145. The highest BCUT2D eigenvalue weighted by Gasteiger charge is 2.31. The maximum atomic E-state index is 13.1. The van der Waals surface area contributed by atoms with Crippen LogP contribution >= 0.6 is 23.2 Å². The van der Waals surface area contributed by atoms with Crippen molar-refractivity contribution < 1.29 is 4.79 Å². The Balaban J connectivity index is 1.56. The zero-order valence-electron chi connectivity index (χ0n) is 18.9. The van der Waals surface area contributed by atoms with Gasteiger partial charge in [0.15, 0.2) is 0 Å². The zero-order chi connectivity index (χ0) is 22.8. The van der Waals surface area contributed by atoms with E-state index in [1.807, 2.05) is 31.0 Å². The predicted octanol–water partition coefficient (Wildman–Crippen LogP) is 5.34. The van der Waals surface area contributed by atoms with Gasteiger partial charge in [-0.05, 0) is 57.8 Å². The summed E-state index contributed by atoms with van der Waals surface area (Å²) in [5.41, 5.74) is 3.13. The van der Waals surface area contributed by atoms with Crippen LogP contribution in [-0.2, 0) is 0 Å². The summed E-state index contributed by atoms with van der Waals surface area (Å²) in [5.74, 6) is 0.616. The number of rotatable bonds is 6. The second-order valence-electron chi connectivity index (χ2n) is 9.15. The number of hydrogen-bond donors (Lipinski definition) is 1. The molecule has 1 aliphatic heterocycles. The molecule has 2 heterocycles. The summed E-state index contributed by atoms with van der Waals surface area (Å²) >= 11 is 13.5. The van der Waals surface area contributed by atoms with E-state index in [4.69, 9.17) is 23.2 Å². The Morgan fingerprint density at radius 2 is 1.84 bits per heavy atom. The van der Waals surface area contributed by atoms with Crippen molar-refractivity contribution in [3.05, 3.63) is 45.8 Å². The molecule has 1 saturated carbocycles. The number of nitrogens with zero attached hydrogens (tertiary/aromatic N) is 4. The Morgan fingerprint density at radius 1 is 1.16 bits per heavy atom. The Hall–Kier alpha value is -1.89. The van der Waals surface area contributed by atoms with E-state index >= 15 is 0 Å². The van der Waals surface area contributed by atoms with Gasteiger partial charge in [-0.15, -0.1) is 0 Å². The first-order valence-corrected chi connectivity index (χ1v) is 12.1. The molecule has 0 radical (unpaired) electrons. The summed E-state index contributed by atoms with van der Waals surface area (Å²) in [6, 6.07) is 3.94. The SMILES string of the molecule is Cc1nccnc1-c1ccc(C(CC2CC2)NC(=O)N(C)C2CCN(C)CC2)c(Cl)c1Cl. The van der Waals surface area contributed by atoms with Crippen LogP contribution in [0.2, 0.25) is 10.0 Å². The number of benzene rings is 1. The van der Waals surface area contributed by atoms with Crippen LogP contribution < -0.4 is 5.32 Å². The fourth-order valence-electron chi connectivity index (χ4n) is 4.44. The molecule has 4 rings (SSSR count). The standard InChI is InChI=1S/C24H31Cl2N5O/c1-15-23(28-11-10-27-15)19-7-6-18(21(25)22(19)26)20(14-16-4-5-16)29-24(32)31(3)17-8-12-30(2)13-9-17/h6-7,10-11,16-17,20H,4-5,8-9,12-14H2,1-3H3,(H,29,32). The van der Waals surface area contributed by atoms with Crippen LogP contribution in [0.1, 0.15) is 49.4 Å². The van der Waals surface area contributed by atoms with Crippen molar-refractivity contribution in [3.8, 4) is 11.3 Å². The molecule has 1 aromatic heterocycles. The summed E-state index contributed by atoms with van der Waals surface area (Å²) in [6.45, 7) is 3.92. The van der Waals surface area contributed by atoms with Crippen LogP contribution in [0.3, 0.4) is 0 Å². The van der Waals surface area contributed by atoms with Crippen LogP contribution in [0.5, 0.6) is 0 Å². The van der Waals surface area contributed by atoms with Crippen LogP contribution in [-0.4, -0.2) is 59.0 Å². The summed E-state index contributed by atoms with van der Waals surface area (Å²) in [5, 5.41) is 4.18. The number of urea groups is 1. The van der Waals surface area contributed by atoms with E-state index in [1.54, 1.807) is 12.4 Å². The highest BCUT2D eigenvalue weighted by atomic mass is 35.5. The fourth-order valence-corrected chi connectivity index (χ4v) is 5.00. The van der Waals surface area contributed by atoms with Gasteiger partial charge in [0.1, 0.15) is 0 Å². The van der Waals surface area contributed by atoms with Crippen LogP contribution in [0, 0.1) is 12.8 Å². The largest absolute Gasteiger partial charge is 0.331 e. The van der Waals surface area contributed by atoms with Crippen molar-refractivity contribution in [1.29, 1.82) is 0 Å². The number of amides is 2. The van der Waals surface area contributed by atoms with Crippen molar-refractivity contribution >= 4 is 29.2 Å². The van der Waals surface area contributed by atoms with Crippen LogP contribution in [0.15, 0.2) is 24.5 Å². The lowest BCUT2D eigenvalue weighted by atomic mass is 9.98. The Morgan fingerprint density at radius 3 is 2.50 bits per heavy atom. The minimum Gasteiger partial charge on any atom is -0.331 e. The molecule has 6 nitrogen and oxygen atoms in total. The third-order valence-corrected chi connectivity index (χ3v) is 7.64. The minimum atomic E-state index is -0.175. The number of hydrogen-bond acceptors (Lipinski definition) is 4. The van der Waals surface area contributed by atoms with Crippen LogP contribution in [0.25, 0.3) is 11.3 Å². The molecule has 1 saturated heterocycles. The monoisotopic (exact) mass is 475 g/mol. The number of nitrogens with one attached hydrogen (secondary N) is 1. The molecule has 1 unspecified atom stereocenters. The van der Waals surface area contributed by atoms with Gasteiger partial charge in [-0.25, -0.2) is 4.79 Å². The van der Waals surface area contributed by atoms with E-state index in [9.17, 15) is 4.79 Å². The Bertz CT molecular complexity index is 973. The van der Waals surface area contributed by atoms with Crippen molar-refractivity contribution in [2.75, 3.05) is 27.2 Å². The maximum absolute atomic E-state index is 13.1. The second kappa shape index (κ2) is 9.94. The average Bonchev–Trinajstić information content (AvgIpc) is 3.60. The first kappa shape index (κ1) is 23.3. The summed E-state index contributed by atoms with van der Waals surface area (Å²) in [7, 11) is 4.02. The van der Waals surface area contributed by atoms with E-state index in [0.717, 1.165) is 54.9 Å². The van der Waals surface area contributed by atoms with E-state index in [1.165, 1.54) is 12.8 Å². The van der Waals surface area contributed by atoms with E-state index < -0.39 is 0 Å². The molecule has 2 aliphatic rings. The molecule has 2 aromatic rings. The highest BCUT2D eigenvalue weighted by molar-refractivity contribution is 6.44. The van der Waals surface area contributed by atoms with E-state index in [0.29, 0.717) is 16.0 Å². The summed E-state index contributed by atoms with van der Waals surface area (Å²) < 4.78 is 0. The second-order valence-corrected chi connectivity index (χ2v) is 9.90. The van der Waals surface area contributed by atoms with Gasteiger partial charge in [-0.3, -0.25) is 9.97 Å². The highest BCUT2D eigenvalue weighted by Crippen LogP contribution is 2.43. The molecule has 1 N–H and O–H groups in total. The number of piperidine rings is 1. The van der Waals surface area contributed by atoms with Gasteiger partial charge in [0.2, 0.25) is 0 Å². The number of halogens is 2. The van der Waals surface area contributed by atoms with Crippen molar-refractivity contribution in [2.24, 2.45) is 5.92 Å². The van der Waals surface area contributed by atoms with Crippen LogP contribution in [0.4, 0.5) is 4.79 Å². The molecule has 2 fully saturated rings. The van der Waals surface area contributed by atoms with Gasteiger partial charge in [0.05, 0.1) is 27.5 Å². The zero-order valence-corrected chi connectivity index (χ0v) is 20.5. The molecule has 32 heavy (non-hydrogen) atoms. The molecule has 1 aliphatic carbocycles. The Labute approximate surface area is 200 Å². The number of aromatic nitrogens is 2. The van der Waals surface area contributed by atoms with Gasteiger partial charge in [-0.1, -0.05) is 48.2 Å². The number of aryl methyl sites for hydroxylation is 1. The number of likely N-dealkylation sites (tertiary alicyclic amines) is 1. The minimum absolute atomic E-state index is 0.0498. The van der Waals surface area contributed by atoms with Gasteiger partial charge in [-0.2, -0.15) is 0 Å². The topological polar surface area (TPSA) is 61.4 Å². The van der Waals surface area contributed by atoms with Crippen molar-refractivity contribution in [3.63, 3.8) is 0 Å². The fraction of sp³-hybridized carbons (Fsp3) is 0.542. The van der Waals surface area contributed by atoms with Gasteiger partial charge >= 0.3 is 6.03 Å². The average molecular weight is 476 g/mol. The molecule has 2 amide bonds. The van der Waals surface area contributed by atoms with Gasteiger partial charge in [0.25, 0.3) is 0 Å². The third-order valence-electron chi connectivity index (χ3n) is 6.74. The molecule has 0 spiro atoms. The number of carbonyl (C=O) groups excluding carboxylic acids is 1. The predicted molar refractivity (Wildman–Crippen MR) is 129 cm³/mol. The lowest BCUT2D eigenvalue weighted by Gasteiger charge is -2.36. The van der Waals surface area contributed by atoms with Gasteiger partial charge in [0, 0.05) is 31.0 Å². The smallest absolute Gasteiger partial charge is 0.317 e. The molecular formula is C24H31Cl2N5O. The first-order chi connectivity index (χ1) is 15.3. The van der Waals surface area contributed by atoms with E-state index in [-0.39, 0.29) is 18.1 Å². The molecule has 8 heteroatoms. The van der Waals surface area contributed by atoms with E-state index in [2.05, 4.69) is 27.2 Å². The molecular weight excluding hydrogens is 445 g/mol. The molecule has 0 bridgehead atoms. The lowest BCUT2D eigenvalue weighted by Crippen LogP contribution is -2.48. The summed E-state index contributed by atoms with van der Waals surface area (Å²) in [4.78, 5) is 26.0. The van der Waals surface area contributed by atoms with Gasteiger partial charge < -0.3 is 15.1 Å². The Kier molecular flexibility index (Phi) is 7.23. The van der Waals surface area contributed by atoms with Crippen molar-refractivity contribution in [1.82, 2.24) is 25.1 Å². The molecule has 172 valence electrons. The molecule has 1 aromatic carbocycles. The quantitative estimate of drug-likeness (QED) is 0.612. The molecule has 1 atom stereocenters. The third kappa shape index (κ3) is 5.19. The normalized spacial score (nSPS) is 18.4. The first-order valence-electron chi connectivity index (χ1n) is 11.3. The van der Waals surface area contributed by atoms with Crippen molar-refractivity contribution in [2.45, 2.75) is 51.1 Å². The number of carbonyl (C=O) groups is 1. The maximum Gasteiger partial charge on any atom is 0.317 e.